The first-order chi connectivity index (χ1) is 12.5. The minimum atomic E-state index is -0.210. The first kappa shape index (κ1) is 17.6. The van der Waals surface area contributed by atoms with E-state index in [1.165, 1.54) is 11.1 Å². The Kier molecular flexibility index (Phi) is 5.26. The number of rotatable bonds is 3. The molecule has 0 saturated carbocycles. The number of anilines is 2. The lowest BCUT2D eigenvalue weighted by molar-refractivity contribution is 0.0822. The number of hydrogen-bond donors (Lipinski definition) is 1. The summed E-state index contributed by atoms with van der Waals surface area (Å²) >= 11 is 0. The number of nitrogens with one attached hydrogen (secondary N) is 1. The number of urea groups is 1. The summed E-state index contributed by atoms with van der Waals surface area (Å²) in [5.41, 5.74) is 0.840. The maximum absolute atomic E-state index is 12.5. The molecule has 3 amide bonds. The van der Waals surface area contributed by atoms with Crippen LogP contribution in [0.25, 0.3) is 0 Å². The Balaban J connectivity index is 1.58. The fraction of sp³-hybridized carbons (Fsp3) is 0.353. The van der Waals surface area contributed by atoms with Crippen LogP contribution in [0.3, 0.4) is 0 Å². The quantitative estimate of drug-likeness (QED) is 0.880. The molecule has 0 radical (unpaired) electrons. The second-order valence-electron chi connectivity index (χ2n) is 6.10. The normalized spacial score (nSPS) is 14.1. The highest BCUT2D eigenvalue weighted by Crippen LogP contribution is 2.14. The SMILES string of the molecule is CN(C)C(=O)c1cc(NC(=O)N2CCN(c3cnccn3)CC2)ccn1. The lowest BCUT2D eigenvalue weighted by atomic mass is 10.3. The molecule has 1 aliphatic rings. The molecule has 0 aromatic carbocycles. The molecule has 3 rings (SSSR count). The van der Waals surface area contributed by atoms with Gasteiger partial charge in [0.2, 0.25) is 0 Å². The average Bonchev–Trinajstić information content (AvgIpc) is 2.68. The standard InChI is InChI=1S/C17H21N7O2/c1-22(2)16(25)14-11-13(3-4-19-14)21-17(26)24-9-7-23(8-10-24)15-12-18-5-6-20-15/h3-6,11-12H,7-10H2,1-2H3,(H,19,21,26). The van der Waals surface area contributed by atoms with Gasteiger partial charge in [-0.2, -0.15) is 0 Å². The van der Waals surface area contributed by atoms with E-state index in [-0.39, 0.29) is 11.9 Å². The molecule has 1 aliphatic heterocycles. The van der Waals surface area contributed by atoms with Crippen LogP contribution in [-0.2, 0) is 0 Å². The monoisotopic (exact) mass is 355 g/mol. The first-order valence-electron chi connectivity index (χ1n) is 8.29. The van der Waals surface area contributed by atoms with Crippen LogP contribution in [0.4, 0.5) is 16.3 Å². The summed E-state index contributed by atoms with van der Waals surface area (Å²) in [5.74, 6) is 0.604. The summed E-state index contributed by atoms with van der Waals surface area (Å²) in [6, 6.07) is 3.05. The molecule has 0 atom stereocenters. The maximum Gasteiger partial charge on any atom is 0.321 e. The third-order valence-electron chi connectivity index (χ3n) is 4.08. The third-order valence-corrected chi connectivity index (χ3v) is 4.08. The number of amides is 3. The topological polar surface area (TPSA) is 94.6 Å². The van der Waals surface area contributed by atoms with Gasteiger partial charge in [0.05, 0.1) is 6.20 Å². The molecule has 1 saturated heterocycles. The summed E-state index contributed by atoms with van der Waals surface area (Å²) in [5, 5.41) is 2.83. The van der Waals surface area contributed by atoms with Crippen molar-refractivity contribution in [3.8, 4) is 0 Å². The summed E-state index contributed by atoms with van der Waals surface area (Å²) in [7, 11) is 3.32. The minimum Gasteiger partial charge on any atom is -0.352 e. The van der Waals surface area contributed by atoms with Crippen molar-refractivity contribution in [1.29, 1.82) is 0 Å². The zero-order chi connectivity index (χ0) is 18.5. The van der Waals surface area contributed by atoms with Gasteiger partial charge >= 0.3 is 6.03 Å². The Morgan fingerprint density at radius 3 is 2.50 bits per heavy atom. The molecule has 2 aromatic rings. The molecule has 0 aliphatic carbocycles. The van der Waals surface area contributed by atoms with Gasteiger partial charge < -0.3 is 20.0 Å². The van der Waals surface area contributed by atoms with Gasteiger partial charge in [-0.3, -0.25) is 14.8 Å². The molecule has 2 aromatic heterocycles. The molecule has 9 nitrogen and oxygen atoms in total. The minimum absolute atomic E-state index is 0.196. The molecule has 1 N–H and O–H groups in total. The zero-order valence-corrected chi connectivity index (χ0v) is 14.8. The molecular weight excluding hydrogens is 334 g/mol. The zero-order valence-electron chi connectivity index (χ0n) is 14.8. The van der Waals surface area contributed by atoms with Crippen LogP contribution in [0.2, 0.25) is 0 Å². The van der Waals surface area contributed by atoms with E-state index in [0.717, 1.165) is 5.82 Å². The number of piperazine rings is 1. The number of aromatic nitrogens is 3. The van der Waals surface area contributed by atoms with Crippen molar-refractivity contribution in [1.82, 2.24) is 24.8 Å². The fourth-order valence-electron chi connectivity index (χ4n) is 2.65. The van der Waals surface area contributed by atoms with Gasteiger partial charge in [-0.05, 0) is 12.1 Å². The number of pyridine rings is 1. The Morgan fingerprint density at radius 1 is 1.08 bits per heavy atom. The highest BCUT2D eigenvalue weighted by molar-refractivity contribution is 5.95. The summed E-state index contributed by atoms with van der Waals surface area (Å²) in [6.45, 7) is 2.54. The van der Waals surface area contributed by atoms with Crippen molar-refractivity contribution >= 4 is 23.4 Å². The maximum atomic E-state index is 12.5. The second kappa shape index (κ2) is 7.77. The number of carbonyl (C=O) groups is 2. The van der Waals surface area contributed by atoms with Gasteiger partial charge in [0.15, 0.2) is 0 Å². The Morgan fingerprint density at radius 2 is 1.85 bits per heavy atom. The van der Waals surface area contributed by atoms with Crippen LogP contribution in [0, 0.1) is 0 Å². The van der Waals surface area contributed by atoms with Gasteiger partial charge in [-0.15, -0.1) is 0 Å². The van der Waals surface area contributed by atoms with Crippen LogP contribution in [0.1, 0.15) is 10.5 Å². The molecule has 0 bridgehead atoms. The molecule has 3 heterocycles. The Hall–Kier alpha value is -3.23. The summed E-state index contributed by atoms with van der Waals surface area (Å²) in [4.78, 5) is 42.1. The molecule has 1 fully saturated rings. The number of nitrogens with zero attached hydrogens (tertiary/aromatic N) is 6. The van der Waals surface area contributed by atoms with Crippen molar-refractivity contribution in [2.75, 3.05) is 50.5 Å². The van der Waals surface area contributed by atoms with Gasteiger partial charge in [-0.25, -0.2) is 9.78 Å². The molecular formula is C17H21N7O2. The summed E-state index contributed by atoms with van der Waals surface area (Å²) < 4.78 is 0. The van der Waals surface area contributed by atoms with E-state index in [1.54, 1.807) is 49.7 Å². The van der Waals surface area contributed by atoms with E-state index in [2.05, 4.69) is 25.2 Å². The van der Waals surface area contributed by atoms with Crippen molar-refractivity contribution in [2.45, 2.75) is 0 Å². The predicted octanol–water partition coefficient (Wildman–Crippen LogP) is 0.927. The number of carbonyl (C=O) groups excluding carboxylic acids is 2. The fourth-order valence-corrected chi connectivity index (χ4v) is 2.65. The van der Waals surface area contributed by atoms with Gasteiger partial charge in [-0.1, -0.05) is 0 Å². The van der Waals surface area contributed by atoms with Crippen LogP contribution >= 0.6 is 0 Å². The second-order valence-corrected chi connectivity index (χ2v) is 6.10. The average molecular weight is 355 g/mol. The largest absolute Gasteiger partial charge is 0.352 e. The van der Waals surface area contributed by atoms with E-state index in [4.69, 9.17) is 0 Å². The lowest BCUT2D eigenvalue weighted by Gasteiger charge is -2.35. The first-order valence-corrected chi connectivity index (χ1v) is 8.29. The van der Waals surface area contributed by atoms with Gasteiger partial charge in [0, 0.05) is 64.6 Å². The van der Waals surface area contributed by atoms with E-state index in [1.807, 2.05) is 0 Å². The third kappa shape index (κ3) is 4.05. The van der Waals surface area contributed by atoms with E-state index in [0.29, 0.717) is 37.6 Å². The van der Waals surface area contributed by atoms with Crippen LogP contribution in [0.15, 0.2) is 36.9 Å². The Bertz CT molecular complexity index is 774. The van der Waals surface area contributed by atoms with Gasteiger partial charge in [0.1, 0.15) is 11.5 Å². The van der Waals surface area contributed by atoms with E-state index >= 15 is 0 Å². The van der Waals surface area contributed by atoms with Gasteiger partial charge in [0.25, 0.3) is 5.91 Å². The van der Waals surface area contributed by atoms with Crippen LogP contribution in [0.5, 0.6) is 0 Å². The van der Waals surface area contributed by atoms with Crippen LogP contribution < -0.4 is 10.2 Å². The Labute approximate surface area is 151 Å². The van der Waals surface area contributed by atoms with Crippen LogP contribution in [-0.4, -0.2) is 77.0 Å². The lowest BCUT2D eigenvalue weighted by Crippen LogP contribution is -2.50. The highest BCUT2D eigenvalue weighted by Gasteiger charge is 2.22. The predicted molar refractivity (Wildman–Crippen MR) is 97.1 cm³/mol. The summed E-state index contributed by atoms with van der Waals surface area (Å²) in [6.07, 6.45) is 6.52. The van der Waals surface area contributed by atoms with Crippen molar-refractivity contribution in [3.63, 3.8) is 0 Å². The molecule has 0 spiro atoms. The molecule has 9 heteroatoms. The smallest absolute Gasteiger partial charge is 0.321 e. The van der Waals surface area contributed by atoms with Crippen molar-refractivity contribution in [3.05, 3.63) is 42.6 Å². The van der Waals surface area contributed by atoms with Crippen molar-refractivity contribution < 1.29 is 9.59 Å². The molecule has 0 unspecified atom stereocenters. The van der Waals surface area contributed by atoms with E-state index < -0.39 is 0 Å². The molecule has 136 valence electrons. The van der Waals surface area contributed by atoms with Crippen molar-refractivity contribution in [2.24, 2.45) is 0 Å². The number of hydrogen-bond acceptors (Lipinski definition) is 6. The molecule has 26 heavy (non-hydrogen) atoms. The van der Waals surface area contributed by atoms with E-state index in [9.17, 15) is 9.59 Å². The highest BCUT2D eigenvalue weighted by atomic mass is 16.2.